The second-order valence-corrected chi connectivity index (χ2v) is 3.63. The summed E-state index contributed by atoms with van der Waals surface area (Å²) in [6.45, 7) is 6.38. The summed E-state index contributed by atoms with van der Waals surface area (Å²) in [6, 6.07) is 9.82. The van der Waals surface area contributed by atoms with E-state index in [9.17, 15) is 4.79 Å². The van der Waals surface area contributed by atoms with Gasteiger partial charge in [0.15, 0.2) is 0 Å². The lowest BCUT2D eigenvalue weighted by Crippen LogP contribution is -2.28. The van der Waals surface area contributed by atoms with Crippen LogP contribution in [0.2, 0.25) is 0 Å². The van der Waals surface area contributed by atoms with Crippen molar-refractivity contribution in [2.24, 2.45) is 0 Å². The molecule has 81 valence electrons. The van der Waals surface area contributed by atoms with Gasteiger partial charge in [-0.3, -0.25) is 4.79 Å². The predicted octanol–water partition coefficient (Wildman–Crippen LogP) is 2.52. The third kappa shape index (κ3) is 3.74. The highest BCUT2D eigenvalue weighted by molar-refractivity contribution is 5.83. The lowest BCUT2D eigenvalue weighted by Gasteiger charge is -2.11. The highest BCUT2D eigenvalue weighted by atomic mass is 16.1. The van der Waals surface area contributed by atoms with E-state index in [-0.39, 0.29) is 11.8 Å². The fourth-order valence-corrected chi connectivity index (χ4v) is 1.38. The number of nitrogens with one attached hydrogen (secondary N) is 1. The number of hydrogen-bond donors (Lipinski definition) is 1. The molecule has 15 heavy (non-hydrogen) atoms. The van der Waals surface area contributed by atoms with Gasteiger partial charge >= 0.3 is 0 Å². The molecule has 0 heterocycles. The number of hydrogen-bond acceptors (Lipinski definition) is 1. The predicted molar refractivity (Wildman–Crippen MR) is 62.5 cm³/mol. The molecule has 0 aliphatic heterocycles. The number of benzene rings is 1. The van der Waals surface area contributed by atoms with Crippen LogP contribution in [0.5, 0.6) is 0 Å². The maximum atomic E-state index is 11.7. The molecule has 0 aromatic heterocycles. The third-order valence-corrected chi connectivity index (χ3v) is 2.42. The Labute approximate surface area is 91.7 Å². The van der Waals surface area contributed by atoms with Gasteiger partial charge in [0.25, 0.3) is 0 Å². The maximum Gasteiger partial charge on any atom is 0.227 e. The summed E-state index contributed by atoms with van der Waals surface area (Å²) in [4.78, 5) is 11.7. The number of carbonyl (C=O) groups excluding carboxylic acids is 1. The number of unbranched alkanes of at least 4 members (excludes halogenated alkanes) is 1. The van der Waals surface area contributed by atoms with Crippen LogP contribution in [0.25, 0.3) is 0 Å². The molecule has 1 amide bonds. The molecule has 2 nitrogen and oxygen atoms in total. The van der Waals surface area contributed by atoms with Crippen molar-refractivity contribution >= 4 is 5.91 Å². The Morgan fingerprint density at radius 2 is 2.07 bits per heavy atom. The molecule has 0 aliphatic carbocycles. The molecule has 0 spiro atoms. The molecule has 2 heteroatoms. The molecule has 1 unspecified atom stereocenters. The number of amides is 1. The first kappa shape index (κ1) is 11.8. The van der Waals surface area contributed by atoms with Crippen LogP contribution in [0.4, 0.5) is 0 Å². The number of rotatable bonds is 5. The van der Waals surface area contributed by atoms with E-state index in [2.05, 4.69) is 12.2 Å². The van der Waals surface area contributed by atoms with Crippen LogP contribution in [0.3, 0.4) is 0 Å². The Bertz CT molecular complexity index is 295. The lowest BCUT2D eigenvalue weighted by atomic mass is 10.0. The number of carbonyl (C=O) groups is 1. The van der Waals surface area contributed by atoms with Gasteiger partial charge in [0, 0.05) is 6.54 Å². The van der Waals surface area contributed by atoms with Gasteiger partial charge in [0.2, 0.25) is 5.91 Å². The molecular weight excluding hydrogens is 186 g/mol. The van der Waals surface area contributed by atoms with Gasteiger partial charge < -0.3 is 5.32 Å². The summed E-state index contributed by atoms with van der Waals surface area (Å²) in [7, 11) is 0. The molecular formula is C13H18NO. The normalized spacial score (nSPS) is 12.1. The first-order chi connectivity index (χ1) is 7.25. The first-order valence-corrected chi connectivity index (χ1v) is 5.37. The van der Waals surface area contributed by atoms with E-state index in [0.717, 1.165) is 24.9 Å². The van der Waals surface area contributed by atoms with E-state index < -0.39 is 0 Å². The summed E-state index contributed by atoms with van der Waals surface area (Å²) in [5, 5.41) is 2.90. The van der Waals surface area contributed by atoms with Gasteiger partial charge in [0.1, 0.15) is 0 Å². The van der Waals surface area contributed by atoms with Crippen molar-refractivity contribution in [3.63, 3.8) is 0 Å². The molecule has 0 saturated carbocycles. The Morgan fingerprint density at radius 1 is 1.40 bits per heavy atom. The second kappa shape index (κ2) is 6.23. The Kier molecular flexibility index (Phi) is 4.88. The quantitative estimate of drug-likeness (QED) is 0.734. The van der Waals surface area contributed by atoms with Crippen molar-refractivity contribution in [2.45, 2.75) is 25.7 Å². The summed E-state index contributed by atoms with van der Waals surface area (Å²) >= 11 is 0. The van der Waals surface area contributed by atoms with Gasteiger partial charge in [0.05, 0.1) is 5.92 Å². The average Bonchev–Trinajstić information content (AvgIpc) is 2.29. The monoisotopic (exact) mass is 204 g/mol. The molecule has 1 aromatic rings. The van der Waals surface area contributed by atoms with E-state index in [1.54, 1.807) is 0 Å². The third-order valence-electron chi connectivity index (χ3n) is 2.42. The van der Waals surface area contributed by atoms with Crippen LogP contribution in [0, 0.1) is 6.92 Å². The first-order valence-electron chi connectivity index (χ1n) is 5.37. The lowest BCUT2D eigenvalue weighted by molar-refractivity contribution is -0.122. The molecule has 0 bridgehead atoms. The molecule has 1 atom stereocenters. The molecule has 1 radical (unpaired) electrons. The standard InChI is InChI=1S/C13H18NO/c1-3-4-10-14-13(15)11(2)12-8-6-5-7-9-12/h5-9,11H,1,3-4,10H2,2H3,(H,14,15). The molecule has 1 rings (SSSR count). The molecule has 1 N–H and O–H groups in total. The van der Waals surface area contributed by atoms with Gasteiger partial charge in [-0.15, -0.1) is 0 Å². The zero-order chi connectivity index (χ0) is 11.1. The van der Waals surface area contributed by atoms with Crippen LogP contribution in [-0.2, 0) is 4.79 Å². The van der Waals surface area contributed by atoms with Crippen LogP contribution >= 0.6 is 0 Å². The topological polar surface area (TPSA) is 29.1 Å². The zero-order valence-electron chi connectivity index (χ0n) is 9.20. The van der Waals surface area contributed by atoms with Crippen LogP contribution in [0.15, 0.2) is 30.3 Å². The minimum atomic E-state index is -0.0731. The van der Waals surface area contributed by atoms with Crippen molar-refractivity contribution in [1.82, 2.24) is 5.32 Å². The van der Waals surface area contributed by atoms with E-state index in [4.69, 9.17) is 0 Å². The Morgan fingerprint density at radius 3 is 2.67 bits per heavy atom. The highest BCUT2D eigenvalue weighted by Crippen LogP contribution is 2.14. The Balaban J connectivity index is 2.46. The van der Waals surface area contributed by atoms with Crippen molar-refractivity contribution in [2.75, 3.05) is 6.54 Å². The SMILES string of the molecule is [CH2]CCCNC(=O)C(C)c1ccccc1. The summed E-state index contributed by atoms with van der Waals surface area (Å²) < 4.78 is 0. The summed E-state index contributed by atoms with van der Waals surface area (Å²) in [6.07, 6.45) is 1.80. The average molecular weight is 204 g/mol. The smallest absolute Gasteiger partial charge is 0.227 e. The van der Waals surface area contributed by atoms with E-state index >= 15 is 0 Å². The minimum absolute atomic E-state index is 0.0731. The summed E-state index contributed by atoms with van der Waals surface area (Å²) in [5.74, 6) is 0.0191. The maximum absolute atomic E-state index is 11.7. The molecule has 0 aliphatic rings. The van der Waals surface area contributed by atoms with Crippen LogP contribution in [0.1, 0.15) is 31.2 Å². The van der Waals surface area contributed by atoms with Crippen LogP contribution in [-0.4, -0.2) is 12.5 Å². The van der Waals surface area contributed by atoms with Crippen molar-refractivity contribution in [3.05, 3.63) is 42.8 Å². The largest absolute Gasteiger partial charge is 0.356 e. The molecule has 1 aromatic carbocycles. The summed E-state index contributed by atoms with van der Waals surface area (Å²) in [5.41, 5.74) is 1.06. The second-order valence-electron chi connectivity index (χ2n) is 3.63. The Hall–Kier alpha value is -1.31. The highest BCUT2D eigenvalue weighted by Gasteiger charge is 2.13. The van der Waals surface area contributed by atoms with Gasteiger partial charge in [-0.2, -0.15) is 0 Å². The van der Waals surface area contributed by atoms with Crippen molar-refractivity contribution in [3.8, 4) is 0 Å². The van der Waals surface area contributed by atoms with Crippen LogP contribution < -0.4 is 5.32 Å². The van der Waals surface area contributed by atoms with Gasteiger partial charge in [-0.25, -0.2) is 0 Å². The fourth-order valence-electron chi connectivity index (χ4n) is 1.38. The molecule has 0 fully saturated rings. The van der Waals surface area contributed by atoms with Crippen molar-refractivity contribution < 1.29 is 4.79 Å². The minimum Gasteiger partial charge on any atom is -0.356 e. The molecule has 0 saturated heterocycles. The van der Waals surface area contributed by atoms with Gasteiger partial charge in [-0.1, -0.05) is 43.7 Å². The van der Waals surface area contributed by atoms with Crippen molar-refractivity contribution in [1.29, 1.82) is 0 Å². The van der Waals surface area contributed by atoms with E-state index in [0.29, 0.717) is 0 Å². The zero-order valence-corrected chi connectivity index (χ0v) is 9.20. The fraction of sp³-hybridized carbons (Fsp3) is 0.385. The van der Waals surface area contributed by atoms with Gasteiger partial charge in [-0.05, 0) is 18.9 Å². The van der Waals surface area contributed by atoms with E-state index in [1.165, 1.54) is 0 Å². The van der Waals surface area contributed by atoms with E-state index in [1.807, 2.05) is 37.3 Å².